The van der Waals surface area contributed by atoms with Crippen LogP contribution in [0.1, 0.15) is 57.9 Å². The van der Waals surface area contributed by atoms with E-state index in [9.17, 15) is 9.59 Å². The van der Waals surface area contributed by atoms with Crippen LogP contribution in [-0.4, -0.2) is 29.5 Å². The lowest BCUT2D eigenvalue weighted by Gasteiger charge is -2.17. The third-order valence-electron chi connectivity index (χ3n) is 4.30. The molecule has 0 spiro atoms. The van der Waals surface area contributed by atoms with E-state index in [0.717, 1.165) is 12.8 Å². The van der Waals surface area contributed by atoms with Crippen LogP contribution in [0, 0.1) is 13.8 Å². The number of carbonyl (C=O) groups is 2. The number of aromatic amines is 1. The van der Waals surface area contributed by atoms with Crippen LogP contribution < -0.4 is 5.32 Å². The summed E-state index contributed by atoms with van der Waals surface area (Å²) in [6.07, 6.45) is 1.60. The minimum absolute atomic E-state index is 0.0367. The predicted molar refractivity (Wildman–Crippen MR) is 97.9 cm³/mol. The summed E-state index contributed by atoms with van der Waals surface area (Å²) in [5.74, 6) is -0.594. The molecule has 2 rings (SSSR count). The van der Waals surface area contributed by atoms with Crippen molar-refractivity contribution in [2.45, 2.75) is 46.6 Å². The van der Waals surface area contributed by atoms with Crippen LogP contribution in [0.5, 0.6) is 0 Å². The van der Waals surface area contributed by atoms with Gasteiger partial charge in [0.25, 0.3) is 5.91 Å². The van der Waals surface area contributed by atoms with Crippen LogP contribution in [0.25, 0.3) is 0 Å². The fourth-order valence-corrected chi connectivity index (χ4v) is 2.95. The first-order valence-corrected chi connectivity index (χ1v) is 8.68. The lowest BCUT2D eigenvalue weighted by atomic mass is 10.0. The number of benzene rings is 1. The first kappa shape index (κ1) is 18.8. The van der Waals surface area contributed by atoms with Crippen molar-refractivity contribution in [1.29, 1.82) is 0 Å². The van der Waals surface area contributed by atoms with Gasteiger partial charge in [0.2, 0.25) is 0 Å². The minimum Gasteiger partial charge on any atom is -0.461 e. The van der Waals surface area contributed by atoms with Crippen LogP contribution in [0.15, 0.2) is 30.3 Å². The zero-order chi connectivity index (χ0) is 18.4. The Kier molecular flexibility index (Phi) is 6.39. The highest BCUT2D eigenvalue weighted by atomic mass is 16.5. The highest BCUT2D eigenvalue weighted by Gasteiger charge is 2.24. The number of aromatic nitrogens is 1. The lowest BCUT2D eigenvalue weighted by molar-refractivity contribution is 0.0519. The third kappa shape index (κ3) is 4.50. The Balaban J connectivity index is 2.15. The second-order valence-corrected chi connectivity index (χ2v) is 6.11. The summed E-state index contributed by atoms with van der Waals surface area (Å²) in [7, 11) is 0. The Morgan fingerprint density at radius 2 is 1.84 bits per heavy atom. The average Bonchev–Trinajstić information content (AvgIpc) is 2.90. The molecule has 5 nitrogen and oxygen atoms in total. The van der Waals surface area contributed by atoms with Crippen molar-refractivity contribution in [3.63, 3.8) is 0 Å². The number of nitrogens with one attached hydrogen (secondary N) is 2. The molecule has 0 saturated heterocycles. The molecule has 0 aliphatic carbocycles. The molecule has 2 N–H and O–H groups in total. The number of esters is 1. The summed E-state index contributed by atoms with van der Waals surface area (Å²) in [6, 6.07) is 10.1. The molecule has 1 aromatic heterocycles. The molecule has 0 unspecified atom stereocenters. The number of ether oxygens (including phenoxy) is 1. The molecule has 1 aromatic carbocycles. The molecule has 134 valence electrons. The van der Waals surface area contributed by atoms with Crippen LogP contribution >= 0.6 is 0 Å². The van der Waals surface area contributed by atoms with Gasteiger partial charge in [0, 0.05) is 11.7 Å². The van der Waals surface area contributed by atoms with E-state index in [2.05, 4.69) is 29.4 Å². The quantitative estimate of drug-likeness (QED) is 0.756. The van der Waals surface area contributed by atoms with Gasteiger partial charge in [-0.2, -0.15) is 0 Å². The molecule has 1 atom stereocenters. The molecule has 0 bridgehead atoms. The molecule has 0 fully saturated rings. The molecule has 1 heterocycles. The Morgan fingerprint density at radius 3 is 2.44 bits per heavy atom. The lowest BCUT2D eigenvalue weighted by Crippen LogP contribution is -2.36. The molecule has 2 aromatic rings. The maximum absolute atomic E-state index is 12.8. The van der Waals surface area contributed by atoms with Crippen molar-refractivity contribution in [3.05, 3.63) is 58.4 Å². The van der Waals surface area contributed by atoms with Crippen molar-refractivity contribution < 1.29 is 14.3 Å². The standard InChI is InChI=1S/C20H26N2O3/c1-5-16(12-15-10-8-7-9-11-15)22-19(23)17-13(3)18(21-14(17)4)20(24)25-6-2/h7-11,16,21H,5-6,12H2,1-4H3,(H,22,23)/t16-/m1/s1. The molecule has 5 heteroatoms. The van der Waals surface area contributed by atoms with Gasteiger partial charge in [0.05, 0.1) is 12.2 Å². The van der Waals surface area contributed by atoms with E-state index in [1.54, 1.807) is 20.8 Å². The first-order valence-electron chi connectivity index (χ1n) is 8.68. The Morgan fingerprint density at radius 1 is 1.16 bits per heavy atom. The number of hydrogen-bond acceptors (Lipinski definition) is 3. The zero-order valence-electron chi connectivity index (χ0n) is 15.3. The maximum Gasteiger partial charge on any atom is 0.355 e. The van der Waals surface area contributed by atoms with Gasteiger partial charge in [-0.25, -0.2) is 4.79 Å². The summed E-state index contributed by atoms with van der Waals surface area (Å²) in [5, 5.41) is 3.09. The van der Waals surface area contributed by atoms with Gasteiger partial charge in [0.15, 0.2) is 0 Å². The monoisotopic (exact) mass is 342 g/mol. The summed E-state index contributed by atoms with van der Waals surface area (Å²) in [4.78, 5) is 27.7. The average molecular weight is 342 g/mol. The molecule has 25 heavy (non-hydrogen) atoms. The number of amides is 1. The van der Waals surface area contributed by atoms with Crippen LogP contribution in [0.3, 0.4) is 0 Å². The van der Waals surface area contributed by atoms with E-state index in [0.29, 0.717) is 29.1 Å². The van der Waals surface area contributed by atoms with Crippen molar-refractivity contribution >= 4 is 11.9 Å². The molecular weight excluding hydrogens is 316 g/mol. The van der Waals surface area contributed by atoms with Crippen LogP contribution in [-0.2, 0) is 11.2 Å². The SMILES string of the molecule is CCOC(=O)c1[nH]c(C)c(C(=O)N[C@H](CC)Cc2ccccc2)c1C. The van der Waals surface area contributed by atoms with E-state index in [1.165, 1.54) is 5.56 Å². The Bertz CT molecular complexity index is 735. The van der Waals surface area contributed by atoms with Gasteiger partial charge in [-0.15, -0.1) is 0 Å². The first-order chi connectivity index (χ1) is 12.0. The molecular formula is C20H26N2O3. The summed E-state index contributed by atoms with van der Waals surface area (Å²) >= 11 is 0. The van der Waals surface area contributed by atoms with E-state index >= 15 is 0 Å². The van der Waals surface area contributed by atoms with Crippen molar-refractivity contribution in [2.24, 2.45) is 0 Å². The molecule has 1 amide bonds. The van der Waals surface area contributed by atoms with E-state index in [1.807, 2.05) is 18.2 Å². The van der Waals surface area contributed by atoms with Crippen molar-refractivity contribution in [2.75, 3.05) is 6.61 Å². The summed E-state index contributed by atoms with van der Waals surface area (Å²) < 4.78 is 5.04. The van der Waals surface area contributed by atoms with Gasteiger partial charge in [-0.1, -0.05) is 37.3 Å². The fourth-order valence-electron chi connectivity index (χ4n) is 2.95. The molecule has 0 aliphatic heterocycles. The number of carbonyl (C=O) groups excluding carboxylic acids is 2. The Hall–Kier alpha value is -2.56. The number of rotatable bonds is 7. The van der Waals surface area contributed by atoms with Gasteiger partial charge in [0.1, 0.15) is 5.69 Å². The topological polar surface area (TPSA) is 71.2 Å². The predicted octanol–water partition coefficient (Wildman–Crippen LogP) is 3.56. The largest absolute Gasteiger partial charge is 0.461 e. The van der Waals surface area contributed by atoms with Gasteiger partial charge in [-0.3, -0.25) is 4.79 Å². The maximum atomic E-state index is 12.8. The minimum atomic E-state index is -0.432. The highest BCUT2D eigenvalue weighted by molar-refractivity contribution is 6.01. The molecule has 0 aliphatic rings. The number of hydrogen-bond donors (Lipinski definition) is 2. The second-order valence-electron chi connectivity index (χ2n) is 6.11. The van der Waals surface area contributed by atoms with Gasteiger partial charge < -0.3 is 15.0 Å². The third-order valence-corrected chi connectivity index (χ3v) is 4.30. The highest BCUT2D eigenvalue weighted by Crippen LogP contribution is 2.19. The number of aryl methyl sites for hydroxylation is 1. The van der Waals surface area contributed by atoms with E-state index in [-0.39, 0.29) is 11.9 Å². The van der Waals surface area contributed by atoms with Crippen molar-refractivity contribution in [3.8, 4) is 0 Å². The van der Waals surface area contributed by atoms with Crippen LogP contribution in [0.2, 0.25) is 0 Å². The summed E-state index contributed by atoms with van der Waals surface area (Å²) in [6.45, 7) is 7.67. The van der Waals surface area contributed by atoms with E-state index in [4.69, 9.17) is 4.74 Å². The second kappa shape index (κ2) is 8.51. The zero-order valence-corrected chi connectivity index (χ0v) is 15.3. The normalized spacial score (nSPS) is 11.8. The number of H-pyrrole nitrogens is 1. The Labute approximate surface area is 148 Å². The van der Waals surface area contributed by atoms with Gasteiger partial charge >= 0.3 is 5.97 Å². The van der Waals surface area contributed by atoms with Gasteiger partial charge in [-0.05, 0) is 44.7 Å². The summed E-state index contributed by atoms with van der Waals surface area (Å²) in [5.41, 5.74) is 3.36. The smallest absolute Gasteiger partial charge is 0.355 e. The fraction of sp³-hybridized carbons (Fsp3) is 0.400. The molecule has 0 radical (unpaired) electrons. The molecule has 0 saturated carbocycles. The van der Waals surface area contributed by atoms with E-state index < -0.39 is 5.97 Å². The van der Waals surface area contributed by atoms with Crippen molar-refractivity contribution in [1.82, 2.24) is 10.3 Å². The van der Waals surface area contributed by atoms with Crippen LogP contribution in [0.4, 0.5) is 0 Å².